The topological polar surface area (TPSA) is 24.9 Å². The third-order valence-electron chi connectivity index (χ3n) is 2.83. The fraction of sp³-hybridized carbons (Fsp3) is 0.133. The molecule has 0 bridgehead atoms. The van der Waals surface area contributed by atoms with Gasteiger partial charge in [-0.15, -0.1) is 11.3 Å². The normalized spacial score (nSPS) is 10.8. The zero-order chi connectivity index (χ0) is 12.5. The number of hydrogen-bond donors (Lipinski definition) is 1. The Balaban J connectivity index is 1.92. The number of fused-ring (bicyclic) bond motifs is 1. The number of nitrogens with zero attached hydrogens (tertiary/aromatic N) is 1. The zero-order valence-electron chi connectivity index (χ0n) is 10.4. The highest BCUT2D eigenvalue weighted by atomic mass is 32.1. The second kappa shape index (κ2) is 4.42. The molecule has 0 fully saturated rings. The van der Waals surface area contributed by atoms with Crippen LogP contribution in [0, 0.1) is 13.8 Å². The van der Waals surface area contributed by atoms with Crippen LogP contribution in [-0.2, 0) is 0 Å². The second-order valence-corrected chi connectivity index (χ2v) is 5.64. The molecule has 1 N–H and O–H groups in total. The number of benzene rings is 2. The van der Waals surface area contributed by atoms with Crippen molar-refractivity contribution in [3.8, 4) is 0 Å². The number of anilines is 2. The first-order valence-electron chi connectivity index (χ1n) is 5.91. The van der Waals surface area contributed by atoms with Gasteiger partial charge in [0.05, 0.1) is 15.2 Å². The Morgan fingerprint density at radius 2 is 1.67 bits per heavy atom. The molecule has 0 aliphatic rings. The van der Waals surface area contributed by atoms with E-state index in [1.165, 1.54) is 10.3 Å². The summed E-state index contributed by atoms with van der Waals surface area (Å²) in [4.78, 5) is 4.51. The van der Waals surface area contributed by atoms with Crippen molar-refractivity contribution in [2.45, 2.75) is 13.8 Å². The Morgan fingerprint density at radius 1 is 0.944 bits per heavy atom. The van der Waals surface area contributed by atoms with Crippen molar-refractivity contribution in [1.82, 2.24) is 4.98 Å². The molecule has 0 aliphatic carbocycles. The monoisotopic (exact) mass is 254 g/mol. The largest absolute Gasteiger partial charge is 0.355 e. The van der Waals surface area contributed by atoms with Crippen LogP contribution >= 0.6 is 11.3 Å². The van der Waals surface area contributed by atoms with Gasteiger partial charge in [0.1, 0.15) is 0 Å². The van der Waals surface area contributed by atoms with E-state index in [0.29, 0.717) is 0 Å². The number of nitrogens with one attached hydrogen (secondary N) is 1. The van der Waals surface area contributed by atoms with Gasteiger partial charge in [0.15, 0.2) is 0 Å². The molecule has 1 aromatic heterocycles. The summed E-state index contributed by atoms with van der Waals surface area (Å²) in [6.45, 7) is 4.13. The van der Waals surface area contributed by atoms with Crippen molar-refractivity contribution in [1.29, 1.82) is 0 Å². The van der Waals surface area contributed by atoms with Crippen molar-refractivity contribution >= 4 is 32.9 Å². The quantitative estimate of drug-likeness (QED) is 0.719. The van der Waals surface area contributed by atoms with E-state index in [4.69, 9.17) is 0 Å². The molecule has 0 amide bonds. The van der Waals surface area contributed by atoms with Crippen LogP contribution in [0.15, 0.2) is 42.5 Å². The highest BCUT2D eigenvalue weighted by molar-refractivity contribution is 7.18. The second-order valence-electron chi connectivity index (χ2n) is 4.41. The highest BCUT2D eigenvalue weighted by Gasteiger charge is 2.01. The Bertz CT molecular complexity index is 683. The van der Waals surface area contributed by atoms with Gasteiger partial charge in [-0.05, 0) is 44.2 Å². The summed E-state index contributed by atoms with van der Waals surface area (Å²) in [5, 5.41) is 4.51. The van der Waals surface area contributed by atoms with E-state index < -0.39 is 0 Å². The van der Waals surface area contributed by atoms with Crippen molar-refractivity contribution in [3.63, 3.8) is 0 Å². The van der Waals surface area contributed by atoms with Gasteiger partial charge in [-0.1, -0.05) is 17.7 Å². The molecule has 2 nitrogen and oxygen atoms in total. The summed E-state index contributed by atoms with van der Waals surface area (Å²) in [5.74, 6) is 0. The van der Waals surface area contributed by atoms with E-state index in [0.717, 1.165) is 21.9 Å². The summed E-state index contributed by atoms with van der Waals surface area (Å²) in [6.07, 6.45) is 0. The van der Waals surface area contributed by atoms with Gasteiger partial charge < -0.3 is 5.32 Å². The molecule has 3 rings (SSSR count). The number of aromatic nitrogens is 1. The maximum Gasteiger partial charge on any atom is 0.0907 e. The lowest BCUT2D eigenvalue weighted by molar-refractivity contribution is 1.35. The Morgan fingerprint density at radius 3 is 2.44 bits per heavy atom. The van der Waals surface area contributed by atoms with Gasteiger partial charge in [0.2, 0.25) is 0 Å². The van der Waals surface area contributed by atoms with E-state index >= 15 is 0 Å². The predicted molar refractivity (Wildman–Crippen MR) is 78.8 cm³/mol. The molecule has 18 heavy (non-hydrogen) atoms. The van der Waals surface area contributed by atoms with Crippen LogP contribution < -0.4 is 5.32 Å². The molecule has 0 aliphatic heterocycles. The average molecular weight is 254 g/mol. The molecule has 1 heterocycles. The summed E-state index contributed by atoms with van der Waals surface area (Å²) in [7, 11) is 0. The maximum atomic E-state index is 4.51. The Kier molecular flexibility index (Phi) is 2.76. The van der Waals surface area contributed by atoms with Gasteiger partial charge in [-0.2, -0.15) is 0 Å². The Hall–Kier alpha value is -1.87. The highest BCUT2D eigenvalue weighted by Crippen LogP contribution is 2.26. The van der Waals surface area contributed by atoms with Gasteiger partial charge >= 0.3 is 0 Å². The van der Waals surface area contributed by atoms with Crippen molar-refractivity contribution in [2.24, 2.45) is 0 Å². The SMILES string of the molecule is Cc1ccc(Nc2ccc3sc(C)nc3c2)cc1. The van der Waals surface area contributed by atoms with Crippen LogP contribution in [0.2, 0.25) is 0 Å². The third kappa shape index (κ3) is 2.22. The smallest absolute Gasteiger partial charge is 0.0907 e. The minimum Gasteiger partial charge on any atom is -0.355 e. The van der Waals surface area contributed by atoms with Crippen molar-refractivity contribution in [3.05, 3.63) is 53.0 Å². The van der Waals surface area contributed by atoms with Crippen LogP contribution in [0.25, 0.3) is 10.2 Å². The van der Waals surface area contributed by atoms with Gasteiger partial charge in [-0.3, -0.25) is 0 Å². The number of rotatable bonds is 2. The molecule has 3 heteroatoms. The standard InChI is InChI=1S/C15H14N2S/c1-10-3-5-12(6-4-10)17-13-7-8-15-14(9-13)16-11(2)18-15/h3-9,17H,1-2H3. The van der Waals surface area contributed by atoms with Gasteiger partial charge in [-0.25, -0.2) is 4.98 Å². The molecule has 0 saturated carbocycles. The van der Waals surface area contributed by atoms with E-state index in [1.807, 2.05) is 6.92 Å². The maximum absolute atomic E-state index is 4.51. The van der Waals surface area contributed by atoms with Gasteiger partial charge in [0, 0.05) is 11.4 Å². The Labute approximate surface area is 110 Å². The molecule has 0 atom stereocenters. The van der Waals surface area contributed by atoms with Crippen LogP contribution in [0.4, 0.5) is 11.4 Å². The summed E-state index contributed by atoms with van der Waals surface area (Å²) >= 11 is 1.73. The number of hydrogen-bond acceptors (Lipinski definition) is 3. The van der Waals surface area contributed by atoms with Gasteiger partial charge in [0.25, 0.3) is 0 Å². The fourth-order valence-corrected chi connectivity index (χ4v) is 2.73. The zero-order valence-corrected chi connectivity index (χ0v) is 11.2. The minimum atomic E-state index is 1.06. The molecular formula is C15H14N2S. The molecule has 3 aromatic rings. The van der Waals surface area contributed by atoms with Crippen LogP contribution in [0.1, 0.15) is 10.6 Å². The molecule has 2 aromatic carbocycles. The first-order valence-corrected chi connectivity index (χ1v) is 6.73. The summed E-state index contributed by atoms with van der Waals surface area (Å²) in [6, 6.07) is 14.7. The molecular weight excluding hydrogens is 240 g/mol. The third-order valence-corrected chi connectivity index (χ3v) is 3.79. The van der Waals surface area contributed by atoms with Crippen LogP contribution in [-0.4, -0.2) is 4.98 Å². The minimum absolute atomic E-state index is 1.06. The number of thiazole rings is 1. The van der Waals surface area contributed by atoms with Crippen molar-refractivity contribution in [2.75, 3.05) is 5.32 Å². The molecule has 0 saturated heterocycles. The lowest BCUT2D eigenvalue weighted by Gasteiger charge is -2.06. The molecule has 0 spiro atoms. The lowest BCUT2D eigenvalue weighted by atomic mass is 10.2. The molecule has 90 valence electrons. The van der Waals surface area contributed by atoms with E-state index in [2.05, 4.69) is 59.7 Å². The summed E-state index contributed by atoms with van der Waals surface area (Å²) < 4.78 is 1.24. The average Bonchev–Trinajstić information content (AvgIpc) is 2.71. The predicted octanol–water partition coefficient (Wildman–Crippen LogP) is 4.66. The van der Waals surface area contributed by atoms with Crippen LogP contribution in [0.5, 0.6) is 0 Å². The van der Waals surface area contributed by atoms with Crippen LogP contribution in [0.3, 0.4) is 0 Å². The number of aryl methyl sites for hydroxylation is 2. The van der Waals surface area contributed by atoms with Crippen molar-refractivity contribution < 1.29 is 0 Å². The summed E-state index contributed by atoms with van der Waals surface area (Å²) in [5.41, 5.74) is 4.52. The molecule has 0 unspecified atom stereocenters. The molecule has 0 radical (unpaired) electrons. The first-order chi connectivity index (χ1) is 8.70. The fourth-order valence-electron chi connectivity index (χ4n) is 1.92. The van der Waals surface area contributed by atoms with E-state index in [9.17, 15) is 0 Å². The van der Waals surface area contributed by atoms with E-state index in [1.54, 1.807) is 11.3 Å². The van der Waals surface area contributed by atoms with E-state index in [-0.39, 0.29) is 0 Å². The lowest BCUT2D eigenvalue weighted by Crippen LogP contribution is -1.89. The first kappa shape index (κ1) is 11.2.